The third-order valence-corrected chi connectivity index (χ3v) is 3.71. The molecule has 0 aliphatic carbocycles. The number of aliphatic hydroxyl groups is 1. The normalized spacial score (nSPS) is 25.9. The second kappa shape index (κ2) is 5.14. The number of rotatable bonds is 5. The lowest BCUT2D eigenvalue weighted by Crippen LogP contribution is -2.51. The second-order valence-corrected chi connectivity index (χ2v) is 4.72. The number of carbonyl (C=O) groups is 2. The maximum atomic E-state index is 11.9. The van der Waals surface area contributed by atoms with Crippen LogP contribution in [0.25, 0.3) is 0 Å². The number of carbonyl (C=O) groups excluding carboxylic acids is 1. The molecule has 0 spiro atoms. The van der Waals surface area contributed by atoms with E-state index in [1.807, 2.05) is 0 Å². The van der Waals surface area contributed by atoms with E-state index in [1.165, 1.54) is 0 Å². The van der Waals surface area contributed by atoms with E-state index in [-0.39, 0.29) is 31.8 Å². The van der Waals surface area contributed by atoms with Crippen LogP contribution in [0.3, 0.4) is 0 Å². The van der Waals surface area contributed by atoms with Crippen LogP contribution in [-0.4, -0.2) is 40.8 Å². The van der Waals surface area contributed by atoms with Crippen molar-refractivity contribution in [1.82, 2.24) is 0 Å². The van der Waals surface area contributed by atoms with E-state index in [9.17, 15) is 19.8 Å². The zero-order chi connectivity index (χ0) is 13.1. The van der Waals surface area contributed by atoms with Gasteiger partial charge in [0.2, 0.25) is 0 Å². The van der Waals surface area contributed by atoms with Gasteiger partial charge in [-0.05, 0) is 12.8 Å². The van der Waals surface area contributed by atoms with Gasteiger partial charge in [0.25, 0.3) is 0 Å². The Kier molecular flexibility index (Phi) is 4.27. The minimum absolute atomic E-state index is 0.0683. The molecule has 1 atom stereocenters. The number of ether oxygens (including phenoxy) is 1. The van der Waals surface area contributed by atoms with E-state index in [0.29, 0.717) is 12.8 Å². The van der Waals surface area contributed by atoms with E-state index in [4.69, 9.17) is 4.74 Å². The fourth-order valence-electron chi connectivity index (χ4n) is 2.20. The molecule has 17 heavy (non-hydrogen) atoms. The van der Waals surface area contributed by atoms with Crippen LogP contribution in [0.15, 0.2) is 0 Å². The van der Waals surface area contributed by atoms with Crippen molar-refractivity contribution in [3.8, 4) is 0 Å². The summed E-state index contributed by atoms with van der Waals surface area (Å²) in [7, 11) is 0. The lowest BCUT2D eigenvalue weighted by Gasteiger charge is -2.38. The number of hydrogen-bond acceptors (Lipinski definition) is 4. The zero-order valence-electron chi connectivity index (χ0n) is 10.4. The summed E-state index contributed by atoms with van der Waals surface area (Å²) in [5.41, 5.74) is -2.69. The molecule has 1 heterocycles. The van der Waals surface area contributed by atoms with Gasteiger partial charge in [-0.2, -0.15) is 0 Å². The Hall–Kier alpha value is -0.940. The first-order valence-electron chi connectivity index (χ1n) is 5.97. The molecule has 1 saturated heterocycles. The van der Waals surface area contributed by atoms with Crippen LogP contribution < -0.4 is 0 Å². The summed E-state index contributed by atoms with van der Waals surface area (Å²) < 4.78 is 5.14. The molecule has 98 valence electrons. The molecule has 1 unspecified atom stereocenters. The smallest absolute Gasteiger partial charge is 0.319 e. The van der Waals surface area contributed by atoms with Crippen molar-refractivity contribution in [2.45, 2.75) is 45.1 Å². The van der Waals surface area contributed by atoms with E-state index in [1.54, 1.807) is 13.8 Å². The Morgan fingerprint density at radius 2 is 2.06 bits per heavy atom. The molecule has 5 heteroatoms. The molecular weight excluding hydrogens is 224 g/mol. The van der Waals surface area contributed by atoms with Gasteiger partial charge < -0.3 is 14.9 Å². The fourth-order valence-corrected chi connectivity index (χ4v) is 2.20. The molecule has 0 aromatic heterocycles. The lowest BCUT2D eigenvalue weighted by molar-refractivity contribution is -0.171. The van der Waals surface area contributed by atoms with Crippen LogP contribution in [0.2, 0.25) is 0 Å². The molecule has 1 rings (SSSR count). The van der Waals surface area contributed by atoms with Gasteiger partial charge in [-0.1, -0.05) is 13.8 Å². The number of aliphatic carboxylic acids is 1. The van der Waals surface area contributed by atoms with Crippen molar-refractivity contribution in [1.29, 1.82) is 0 Å². The summed E-state index contributed by atoms with van der Waals surface area (Å²) in [6.45, 7) is 3.70. The minimum Gasteiger partial charge on any atom is -0.480 e. The fraction of sp³-hybridized carbons (Fsp3) is 0.833. The molecule has 1 aliphatic rings. The van der Waals surface area contributed by atoms with E-state index >= 15 is 0 Å². The average Bonchev–Trinajstić information content (AvgIpc) is 2.32. The zero-order valence-corrected chi connectivity index (χ0v) is 10.4. The van der Waals surface area contributed by atoms with Gasteiger partial charge in [-0.15, -0.1) is 0 Å². The lowest BCUT2D eigenvalue weighted by atomic mass is 9.71. The highest BCUT2D eigenvalue weighted by molar-refractivity contribution is 6.03. The molecule has 0 saturated carbocycles. The van der Waals surface area contributed by atoms with Crippen LogP contribution >= 0.6 is 0 Å². The Labute approximate surface area is 101 Å². The van der Waals surface area contributed by atoms with Gasteiger partial charge in [0.1, 0.15) is 0 Å². The van der Waals surface area contributed by atoms with Crippen LogP contribution in [0.1, 0.15) is 39.5 Å². The van der Waals surface area contributed by atoms with Crippen molar-refractivity contribution in [3.63, 3.8) is 0 Å². The quantitative estimate of drug-likeness (QED) is 0.704. The van der Waals surface area contributed by atoms with Crippen molar-refractivity contribution in [2.24, 2.45) is 5.41 Å². The van der Waals surface area contributed by atoms with Crippen LogP contribution in [-0.2, 0) is 14.3 Å². The SMILES string of the molecule is CCC(O)(CC)CC1(C(=O)O)COCCC1=O. The number of carboxylic acid groups (broad SMARTS) is 1. The predicted octanol–water partition coefficient (Wildman–Crippen LogP) is 0.988. The molecule has 1 fully saturated rings. The summed E-state index contributed by atoms with van der Waals surface area (Å²) in [5.74, 6) is -1.53. The highest BCUT2D eigenvalue weighted by Gasteiger charge is 2.51. The van der Waals surface area contributed by atoms with Gasteiger partial charge in [0.05, 0.1) is 18.8 Å². The monoisotopic (exact) mass is 244 g/mol. The van der Waals surface area contributed by atoms with Crippen LogP contribution in [0, 0.1) is 5.41 Å². The van der Waals surface area contributed by atoms with E-state index in [2.05, 4.69) is 0 Å². The van der Waals surface area contributed by atoms with Gasteiger partial charge in [0.15, 0.2) is 11.2 Å². The third kappa shape index (κ3) is 2.66. The Bertz CT molecular complexity index is 308. The largest absolute Gasteiger partial charge is 0.480 e. The third-order valence-electron chi connectivity index (χ3n) is 3.71. The molecule has 0 amide bonds. The number of Topliss-reactive ketones (excluding diaryl/α,β-unsaturated/α-hetero) is 1. The number of ketones is 1. The van der Waals surface area contributed by atoms with Crippen molar-refractivity contribution in [3.05, 3.63) is 0 Å². The van der Waals surface area contributed by atoms with Crippen LogP contribution in [0.4, 0.5) is 0 Å². The Balaban J connectivity index is 3.00. The van der Waals surface area contributed by atoms with Crippen molar-refractivity contribution >= 4 is 11.8 Å². The molecule has 0 bridgehead atoms. The summed E-state index contributed by atoms with van der Waals surface area (Å²) in [5, 5.41) is 19.5. The maximum absolute atomic E-state index is 11.9. The summed E-state index contributed by atoms with van der Waals surface area (Å²) >= 11 is 0. The first kappa shape index (κ1) is 14.1. The second-order valence-electron chi connectivity index (χ2n) is 4.72. The van der Waals surface area contributed by atoms with E-state index < -0.39 is 17.0 Å². The molecule has 1 aliphatic heterocycles. The molecule has 2 N–H and O–H groups in total. The predicted molar refractivity (Wildman–Crippen MR) is 60.7 cm³/mol. The summed E-state index contributed by atoms with van der Waals surface area (Å²) in [4.78, 5) is 23.3. The molecular formula is C12H20O5. The first-order valence-corrected chi connectivity index (χ1v) is 5.97. The summed E-state index contributed by atoms with van der Waals surface area (Å²) in [6, 6.07) is 0. The maximum Gasteiger partial charge on any atom is 0.319 e. The van der Waals surface area contributed by atoms with E-state index in [0.717, 1.165) is 0 Å². The number of hydrogen-bond donors (Lipinski definition) is 2. The van der Waals surface area contributed by atoms with Gasteiger partial charge in [-0.25, -0.2) is 0 Å². The minimum atomic E-state index is -1.57. The topological polar surface area (TPSA) is 83.8 Å². The molecule has 0 radical (unpaired) electrons. The number of carboxylic acids is 1. The van der Waals surface area contributed by atoms with Gasteiger partial charge >= 0.3 is 5.97 Å². The van der Waals surface area contributed by atoms with Gasteiger partial charge in [0, 0.05) is 12.8 Å². The van der Waals surface area contributed by atoms with Gasteiger partial charge in [-0.3, -0.25) is 9.59 Å². The molecule has 5 nitrogen and oxygen atoms in total. The standard InChI is InChI=1S/C12H20O5/c1-3-11(16,4-2)7-12(10(14)15)8-17-6-5-9(12)13/h16H,3-8H2,1-2H3,(H,14,15). The highest BCUT2D eigenvalue weighted by Crippen LogP contribution is 2.37. The Morgan fingerprint density at radius 3 is 2.47 bits per heavy atom. The van der Waals surface area contributed by atoms with Crippen molar-refractivity contribution in [2.75, 3.05) is 13.2 Å². The first-order chi connectivity index (χ1) is 7.90. The highest BCUT2D eigenvalue weighted by atomic mass is 16.5. The molecule has 0 aromatic rings. The average molecular weight is 244 g/mol. The van der Waals surface area contributed by atoms with Crippen molar-refractivity contribution < 1.29 is 24.5 Å². The Morgan fingerprint density at radius 1 is 1.47 bits per heavy atom. The molecule has 0 aromatic carbocycles. The summed E-state index contributed by atoms with van der Waals surface area (Å²) in [6.07, 6.45) is 0.884. The van der Waals surface area contributed by atoms with Crippen LogP contribution in [0.5, 0.6) is 0 Å².